The number of carbonyl (C=O) groups is 3. The van der Waals surface area contributed by atoms with Crippen LogP contribution in [-0.2, 0) is 28.6 Å². The molecule has 31 heavy (non-hydrogen) atoms. The molecular weight excluding hydrogens is 396 g/mol. The smallest absolute Gasteiger partial charge is 0.334 e. The summed E-state index contributed by atoms with van der Waals surface area (Å²) in [6.45, 7) is 16.2. The zero-order valence-corrected chi connectivity index (χ0v) is 19.8. The summed E-state index contributed by atoms with van der Waals surface area (Å²) < 4.78 is 17.6. The Balaban J connectivity index is 1.90. The minimum atomic E-state index is -0.425. The lowest BCUT2D eigenvalue weighted by atomic mass is 9.69. The first-order valence-corrected chi connectivity index (χ1v) is 11.7. The van der Waals surface area contributed by atoms with Crippen LogP contribution in [0.4, 0.5) is 0 Å². The summed E-state index contributed by atoms with van der Waals surface area (Å²) in [6.07, 6.45) is 1.65. The highest BCUT2D eigenvalue weighted by Gasteiger charge is 2.61. The Morgan fingerprint density at radius 2 is 1.68 bits per heavy atom. The van der Waals surface area contributed by atoms with Crippen molar-refractivity contribution in [2.45, 2.75) is 92.0 Å². The van der Waals surface area contributed by atoms with Gasteiger partial charge in [-0.05, 0) is 30.6 Å². The van der Waals surface area contributed by atoms with Gasteiger partial charge in [-0.2, -0.15) is 0 Å². The highest BCUT2D eigenvalue weighted by Crippen LogP contribution is 2.58. The Hall–Kier alpha value is -1.85. The van der Waals surface area contributed by atoms with Crippen molar-refractivity contribution in [3.05, 3.63) is 12.2 Å². The lowest BCUT2D eigenvalue weighted by Crippen LogP contribution is -2.40. The molecule has 0 aromatic heterocycles. The fourth-order valence-corrected chi connectivity index (χ4v) is 6.07. The Bertz CT molecular complexity index is 740. The van der Waals surface area contributed by atoms with Crippen LogP contribution in [0.15, 0.2) is 12.2 Å². The van der Waals surface area contributed by atoms with E-state index in [0.717, 1.165) is 0 Å². The zero-order valence-electron chi connectivity index (χ0n) is 19.8. The molecule has 0 unspecified atom stereocenters. The molecule has 1 aliphatic heterocycles. The zero-order chi connectivity index (χ0) is 23.1. The average Bonchev–Trinajstić information content (AvgIpc) is 2.96. The molecule has 3 aliphatic rings. The van der Waals surface area contributed by atoms with Crippen molar-refractivity contribution in [2.75, 3.05) is 0 Å². The molecule has 6 heteroatoms. The van der Waals surface area contributed by atoms with Crippen molar-refractivity contribution in [3.63, 3.8) is 0 Å². The van der Waals surface area contributed by atoms with E-state index in [1.807, 2.05) is 27.7 Å². The van der Waals surface area contributed by atoms with Gasteiger partial charge in [-0.15, -0.1) is 0 Å². The van der Waals surface area contributed by atoms with Crippen molar-refractivity contribution in [1.29, 1.82) is 0 Å². The second kappa shape index (κ2) is 8.95. The molecule has 0 bridgehead atoms. The van der Waals surface area contributed by atoms with Gasteiger partial charge in [0.25, 0.3) is 0 Å². The van der Waals surface area contributed by atoms with Crippen LogP contribution in [0.2, 0.25) is 0 Å². The van der Waals surface area contributed by atoms with Crippen LogP contribution >= 0.6 is 0 Å². The van der Waals surface area contributed by atoms with Crippen molar-refractivity contribution >= 4 is 17.9 Å². The average molecular weight is 435 g/mol. The lowest BCUT2D eigenvalue weighted by molar-refractivity contribution is -0.157. The molecule has 174 valence electrons. The Morgan fingerprint density at radius 1 is 1.10 bits per heavy atom. The SMILES string of the molecule is C=C1C(=O)O[C@H]2C[C@@H](C)[C@@H]3[C@@H](OC(=O)CC(C)C)C[C@@H](OC(=O)CC(C)C)[C@@]3(C)C[C@H]12. The number of ether oxygens (including phenoxy) is 3. The van der Waals surface area contributed by atoms with Crippen LogP contribution in [0.1, 0.15) is 73.6 Å². The number of fused-ring (bicyclic) bond motifs is 2. The molecule has 0 spiro atoms. The van der Waals surface area contributed by atoms with Gasteiger partial charge >= 0.3 is 17.9 Å². The van der Waals surface area contributed by atoms with Gasteiger partial charge in [0.2, 0.25) is 0 Å². The van der Waals surface area contributed by atoms with Gasteiger partial charge < -0.3 is 14.2 Å². The van der Waals surface area contributed by atoms with Crippen molar-refractivity contribution in [2.24, 2.45) is 35.0 Å². The van der Waals surface area contributed by atoms with Gasteiger partial charge in [0.1, 0.15) is 18.3 Å². The van der Waals surface area contributed by atoms with Gasteiger partial charge in [0.15, 0.2) is 0 Å². The molecule has 0 aromatic carbocycles. The summed E-state index contributed by atoms with van der Waals surface area (Å²) in [5, 5.41) is 0. The van der Waals surface area contributed by atoms with E-state index in [0.29, 0.717) is 37.7 Å². The molecule has 1 saturated heterocycles. The van der Waals surface area contributed by atoms with E-state index < -0.39 is 5.41 Å². The third kappa shape index (κ3) is 4.83. The van der Waals surface area contributed by atoms with Gasteiger partial charge in [0.05, 0.1) is 0 Å². The normalized spacial score (nSPS) is 37.3. The van der Waals surface area contributed by atoms with Gasteiger partial charge in [-0.3, -0.25) is 9.59 Å². The second-order valence-electron chi connectivity index (χ2n) is 11.0. The number of esters is 3. The first-order chi connectivity index (χ1) is 14.4. The topological polar surface area (TPSA) is 78.9 Å². The van der Waals surface area contributed by atoms with E-state index >= 15 is 0 Å². The number of hydrogen-bond acceptors (Lipinski definition) is 6. The lowest BCUT2D eigenvalue weighted by Gasteiger charge is -2.39. The fourth-order valence-electron chi connectivity index (χ4n) is 6.07. The molecule has 0 N–H and O–H groups in total. The third-order valence-electron chi connectivity index (χ3n) is 7.34. The van der Waals surface area contributed by atoms with E-state index in [1.54, 1.807) is 0 Å². The van der Waals surface area contributed by atoms with Gasteiger partial charge in [-0.1, -0.05) is 48.1 Å². The first kappa shape index (κ1) is 23.8. The van der Waals surface area contributed by atoms with E-state index in [2.05, 4.69) is 20.4 Å². The molecule has 3 rings (SSSR count). The summed E-state index contributed by atoms with van der Waals surface area (Å²) in [5.41, 5.74) is 0.0807. The van der Waals surface area contributed by atoms with E-state index in [-0.39, 0.29) is 65.8 Å². The van der Waals surface area contributed by atoms with Crippen molar-refractivity contribution < 1.29 is 28.6 Å². The van der Waals surface area contributed by atoms with Crippen LogP contribution in [0.25, 0.3) is 0 Å². The minimum Gasteiger partial charge on any atom is -0.462 e. The summed E-state index contributed by atoms with van der Waals surface area (Å²) in [6, 6.07) is 0. The molecule has 2 saturated carbocycles. The third-order valence-corrected chi connectivity index (χ3v) is 7.34. The molecular formula is C25H38O6. The van der Waals surface area contributed by atoms with Crippen LogP contribution in [0.5, 0.6) is 0 Å². The molecule has 0 amide bonds. The molecule has 2 aliphatic carbocycles. The van der Waals surface area contributed by atoms with E-state index in [4.69, 9.17) is 14.2 Å². The Labute approximate surface area is 186 Å². The maximum atomic E-state index is 12.6. The molecule has 7 atom stereocenters. The largest absolute Gasteiger partial charge is 0.462 e. The molecule has 6 nitrogen and oxygen atoms in total. The number of hydrogen-bond donors (Lipinski definition) is 0. The summed E-state index contributed by atoms with van der Waals surface area (Å²) in [5.74, 6) is -0.258. The number of rotatable bonds is 6. The van der Waals surface area contributed by atoms with Crippen LogP contribution in [0.3, 0.4) is 0 Å². The van der Waals surface area contributed by atoms with E-state index in [9.17, 15) is 14.4 Å². The van der Waals surface area contributed by atoms with Crippen LogP contribution < -0.4 is 0 Å². The van der Waals surface area contributed by atoms with Crippen molar-refractivity contribution in [1.82, 2.24) is 0 Å². The van der Waals surface area contributed by atoms with Gasteiger partial charge in [-0.25, -0.2) is 4.79 Å². The van der Waals surface area contributed by atoms with E-state index in [1.165, 1.54) is 0 Å². The molecule has 0 radical (unpaired) electrons. The predicted octanol–water partition coefficient (Wildman–Crippen LogP) is 4.46. The molecule has 3 fully saturated rings. The monoisotopic (exact) mass is 434 g/mol. The standard InChI is InChI=1S/C25H38O6/c1-13(2)8-21(26)29-19-11-20(31-22(27)9-14(3)4)25(7)12-17-16(6)24(28)30-18(17)10-15(5)23(19)25/h13-15,17-20,23H,6,8-12H2,1-5,7H3/t15-,17-,18+,19+,20-,23-,25-/m1/s1. The number of carbonyl (C=O) groups excluding carboxylic acids is 3. The van der Waals surface area contributed by atoms with Crippen molar-refractivity contribution in [3.8, 4) is 0 Å². The molecule has 0 aromatic rings. The summed E-state index contributed by atoms with van der Waals surface area (Å²) >= 11 is 0. The predicted molar refractivity (Wildman–Crippen MR) is 116 cm³/mol. The quantitative estimate of drug-likeness (QED) is 0.349. The second-order valence-corrected chi connectivity index (χ2v) is 11.0. The summed E-state index contributed by atoms with van der Waals surface area (Å²) in [4.78, 5) is 37.3. The fraction of sp³-hybridized carbons (Fsp3) is 0.800. The summed E-state index contributed by atoms with van der Waals surface area (Å²) in [7, 11) is 0. The van der Waals surface area contributed by atoms with Crippen LogP contribution in [0, 0.1) is 35.0 Å². The Morgan fingerprint density at radius 3 is 2.26 bits per heavy atom. The maximum Gasteiger partial charge on any atom is 0.334 e. The Kier molecular flexibility index (Phi) is 6.87. The molecule has 1 heterocycles. The van der Waals surface area contributed by atoms with Gasteiger partial charge in [0, 0.05) is 42.1 Å². The highest BCUT2D eigenvalue weighted by atomic mass is 16.6. The first-order valence-electron chi connectivity index (χ1n) is 11.7. The highest BCUT2D eigenvalue weighted by molar-refractivity contribution is 5.90. The maximum absolute atomic E-state index is 12.6. The van der Waals surface area contributed by atoms with Crippen LogP contribution in [-0.4, -0.2) is 36.2 Å². The minimum absolute atomic E-state index is 0.0255.